The largest absolute Gasteiger partial charge is 0.478 e. The van der Waals surface area contributed by atoms with E-state index in [-0.39, 0.29) is 11.6 Å². The van der Waals surface area contributed by atoms with Crippen LogP contribution in [-0.4, -0.2) is 30.2 Å². The predicted molar refractivity (Wildman–Crippen MR) is 145 cm³/mol. The molecule has 0 aliphatic rings. The van der Waals surface area contributed by atoms with Crippen molar-refractivity contribution in [3.8, 4) is 11.1 Å². The zero-order valence-electron chi connectivity index (χ0n) is 20.8. The number of carboxylic acid groups (broad SMARTS) is 1. The monoisotopic (exact) mass is 473 g/mol. The minimum Gasteiger partial charge on any atom is -0.478 e. The number of nitrogens with zero attached hydrogens (tertiary/aromatic N) is 1. The third kappa shape index (κ3) is 7.09. The first-order valence-corrected chi connectivity index (χ1v) is 12.3. The molecule has 6 heteroatoms. The number of carbonyl (C=O) groups excluding carboxylic acids is 1. The standard InChI is InChI=1S/C29H35N3O3/c1-4-6-18-32(19-7-5-2)27-17-14-22(24-10-8-9-11-25(24)28(33)34)20-26(27)31-29(35)30-23-15-12-21(3)13-16-23/h8-17,20H,4-7,18-19H2,1-3H3,(H,33,34)(H2,30,31,35). The molecule has 0 bridgehead atoms. The molecule has 2 amide bonds. The highest BCUT2D eigenvalue weighted by Gasteiger charge is 2.17. The van der Waals surface area contributed by atoms with E-state index in [1.54, 1.807) is 18.2 Å². The Bertz CT molecular complexity index is 1130. The summed E-state index contributed by atoms with van der Waals surface area (Å²) < 4.78 is 0. The van der Waals surface area contributed by atoms with Crippen molar-refractivity contribution in [2.75, 3.05) is 28.6 Å². The molecule has 3 rings (SSSR count). The smallest absolute Gasteiger partial charge is 0.336 e. The molecule has 0 saturated heterocycles. The molecule has 0 aliphatic heterocycles. The van der Waals surface area contributed by atoms with Crippen LogP contribution < -0.4 is 15.5 Å². The highest BCUT2D eigenvalue weighted by molar-refractivity contribution is 6.03. The molecule has 0 radical (unpaired) electrons. The number of nitrogens with one attached hydrogen (secondary N) is 2. The molecule has 3 N–H and O–H groups in total. The van der Waals surface area contributed by atoms with E-state index in [4.69, 9.17) is 0 Å². The van der Waals surface area contributed by atoms with Gasteiger partial charge in [-0.15, -0.1) is 0 Å². The van der Waals surface area contributed by atoms with Gasteiger partial charge in [-0.2, -0.15) is 0 Å². The maximum Gasteiger partial charge on any atom is 0.336 e. The fourth-order valence-corrected chi connectivity index (χ4v) is 3.97. The number of unbranched alkanes of at least 4 members (excludes halogenated alkanes) is 2. The topological polar surface area (TPSA) is 81.7 Å². The van der Waals surface area contributed by atoms with Crippen molar-refractivity contribution < 1.29 is 14.7 Å². The van der Waals surface area contributed by atoms with Crippen LogP contribution in [0.15, 0.2) is 66.7 Å². The van der Waals surface area contributed by atoms with Gasteiger partial charge in [-0.1, -0.05) is 68.7 Å². The summed E-state index contributed by atoms with van der Waals surface area (Å²) in [6, 6.07) is 20.0. The highest BCUT2D eigenvalue weighted by Crippen LogP contribution is 2.34. The lowest BCUT2D eigenvalue weighted by atomic mass is 9.98. The lowest BCUT2D eigenvalue weighted by molar-refractivity contribution is 0.0697. The number of hydrogen-bond donors (Lipinski definition) is 3. The zero-order valence-corrected chi connectivity index (χ0v) is 20.8. The molecule has 184 valence electrons. The van der Waals surface area contributed by atoms with Gasteiger partial charge >= 0.3 is 12.0 Å². The average molecular weight is 474 g/mol. The second kappa shape index (κ2) is 12.6. The Morgan fingerprint density at radius 2 is 1.51 bits per heavy atom. The molecule has 0 fully saturated rings. The molecule has 6 nitrogen and oxygen atoms in total. The number of aryl methyl sites for hydroxylation is 1. The number of benzene rings is 3. The van der Waals surface area contributed by atoms with Crippen molar-refractivity contribution >= 4 is 29.1 Å². The summed E-state index contributed by atoms with van der Waals surface area (Å²) in [7, 11) is 0. The minimum absolute atomic E-state index is 0.226. The van der Waals surface area contributed by atoms with Gasteiger partial charge < -0.3 is 20.6 Å². The lowest BCUT2D eigenvalue weighted by Gasteiger charge is -2.28. The SMILES string of the molecule is CCCCN(CCCC)c1ccc(-c2ccccc2C(=O)O)cc1NC(=O)Nc1ccc(C)cc1. The van der Waals surface area contributed by atoms with E-state index in [2.05, 4.69) is 29.4 Å². The molecule has 0 heterocycles. The van der Waals surface area contributed by atoms with Crippen molar-refractivity contribution in [2.24, 2.45) is 0 Å². The van der Waals surface area contributed by atoms with Gasteiger partial charge in [-0.25, -0.2) is 9.59 Å². The van der Waals surface area contributed by atoms with Crippen LogP contribution in [-0.2, 0) is 0 Å². The van der Waals surface area contributed by atoms with Crippen LogP contribution in [0.25, 0.3) is 11.1 Å². The summed E-state index contributed by atoms with van der Waals surface area (Å²) in [6.45, 7) is 8.10. The van der Waals surface area contributed by atoms with E-state index in [0.717, 1.165) is 55.6 Å². The van der Waals surface area contributed by atoms with Crippen molar-refractivity contribution in [2.45, 2.75) is 46.5 Å². The molecule has 0 aromatic heterocycles. The summed E-state index contributed by atoms with van der Waals surface area (Å²) in [4.78, 5) is 27.1. The van der Waals surface area contributed by atoms with Crippen molar-refractivity contribution in [3.63, 3.8) is 0 Å². The van der Waals surface area contributed by atoms with Crippen LogP contribution in [0, 0.1) is 6.92 Å². The summed E-state index contributed by atoms with van der Waals surface area (Å²) >= 11 is 0. The number of aromatic carboxylic acids is 1. The first-order chi connectivity index (χ1) is 16.9. The van der Waals surface area contributed by atoms with Crippen molar-refractivity contribution in [1.29, 1.82) is 0 Å². The molecule has 0 spiro atoms. The fourth-order valence-electron chi connectivity index (χ4n) is 3.97. The Morgan fingerprint density at radius 3 is 2.14 bits per heavy atom. The van der Waals surface area contributed by atoms with Crippen LogP contribution in [0.5, 0.6) is 0 Å². The molecule has 0 unspecified atom stereocenters. The second-order valence-corrected chi connectivity index (χ2v) is 8.72. The summed E-state index contributed by atoms with van der Waals surface area (Å²) in [5, 5.41) is 15.6. The molecule has 3 aromatic rings. The van der Waals surface area contributed by atoms with Gasteiger partial charge in [0.2, 0.25) is 0 Å². The number of rotatable bonds is 11. The summed E-state index contributed by atoms with van der Waals surface area (Å²) in [5.74, 6) is -0.983. The molecule has 3 aromatic carbocycles. The van der Waals surface area contributed by atoms with Crippen LogP contribution in [0.2, 0.25) is 0 Å². The van der Waals surface area contributed by atoms with E-state index < -0.39 is 5.97 Å². The van der Waals surface area contributed by atoms with Gasteiger partial charge in [0.05, 0.1) is 16.9 Å². The Labute approximate surface area is 208 Å². The van der Waals surface area contributed by atoms with E-state index in [9.17, 15) is 14.7 Å². The van der Waals surface area contributed by atoms with E-state index >= 15 is 0 Å². The van der Waals surface area contributed by atoms with Gasteiger partial charge in [0, 0.05) is 18.8 Å². The Hall–Kier alpha value is -3.80. The average Bonchev–Trinajstić information content (AvgIpc) is 2.86. The summed E-state index contributed by atoms with van der Waals surface area (Å²) in [6.07, 6.45) is 4.23. The van der Waals surface area contributed by atoms with Gasteiger partial charge in [-0.3, -0.25) is 0 Å². The number of hydrogen-bond acceptors (Lipinski definition) is 3. The van der Waals surface area contributed by atoms with Crippen molar-refractivity contribution in [3.05, 3.63) is 77.9 Å². The normalized spacial score (nSPS) is 10.6. The first kappa shape index (κ1) is 25.8. The second-order valence-electron chi connectivity index (χ2n) is 8.72. The van der Waals surface area contributed by atoms with Gasteiger partial charge in [-0.05, 0) is 61.2 Å². The van der Waals surface area contributed by atoms with Crippen LogP contribution >= 0.6 is 0 Å². The number of carboxylic acids is 1. The fraction of sp³-hybridized carbons (Fsp3) is 0.310. The molecule has 35 heavy (non-hydrogen) atoms. The summed E-state index contributed by atoms with van der Waals surface area (Å²) in [5.41, 5.74) is 4.98. The Morgan fingerprint density at radius 1 is 0.857 bits per heavy atom. The third-order valence-electron chi connectivity index (χ3n) is 5.93. The highest BCUT2D eigenvalue weighted by atomic mass is 16.4. The van der Waals surface area contributed by atoms with Gasteiger partial charge in [0.25, 0.3) is 0 Å². The maximum absolute atomic E-state index is 13.0. The van der Waals surface area contributed by atoms with E-state index in [1.165, 1.54) is 0 Å². The minimum atomic E-state index is -0.983. The Kier molecular flexibility index (Phi) is 9.30. The number of urea groups is 1. The lowest BCUT2D eigenvalue weighted by Crippen LogP contribution is -2.28. The maximum atomic E-state index is 13.0. The van der Waals surface area contributed by atoms with Crippen molar-refractivity contribution in [1.82, 2.24) is 0 Å². The molecule has 0 saturated carbocycles. The van der Waals surface area contributed by atoms with Crippen LogP contribution in [0.3, 0.4) is 0 Å². The van der Waals surface area contributed by atoms with E-state index in [1.807, 2.05) is 55.5 Å². The number of amides is 2. The van der Waals surface area contributed by atoms with Crippen LogP contribution in [0.4, 0.5) is 21.9 Å². The zero-order chi connectivity index (χ0) is 25.2. The number of carbonyl (C=O) groups is 2. The predicted octanol–water partition coefficient (Wildman–Crippen LogP) is 7.41. The first-order valence-electron chi connectivity index (χ1n) is 12.3. The van der Waals surface area contributed by atoms with Crippen LogP contribution in [0.1, 0.15) is 55.5 Å². The Balaban J connectivity index is 1.99. The molecule has 0 aliphatic carbocycles. The van der Waals surface area contributed by atoms with Gasteiger partial charge in [0.15, 0.2) is 0 Å². The number of anilines is 3. The molecule has 0 atom stereocenters. The quantitative estimate of drug-likeness (QED) is 0.271. The molecular formula is C29H35N3O3. The van der Waals surface area contributed by atoms with Gasteiger partial charge in [0.1, 0.15) is 0 Å². The molecular weight excluding hydrogens is 438 g/mol. The third-order valence-corrected chi connectivity index (χ3v) is 5.93. The van der Waals surface area contributed by atoms with E-state index in [0.29, 0.717) is 16.9 Å².